The third-order valence-corrected chi connectivity index (χ3v) is 3.57. The standard InChI is InChI=1S/C15H23NO2/c17-10-12-18-11-9-16-8-4-7-15(16)13-14-5-2-1-3-6-14/h1-3,5-6,15,17H,4,7-13H2. The second-order valence-corrected chi connectivity index (χ2v) is 4.86. The van der Waals surface area contributed by atoms with E-state index in [4.69, 9.17) is 9.84 Å². The Labute approximate surface area is 109 Å². The van der Waals surface area contributed by atoms with Gasteiger partial charge in [-0.3, -0.25) is 4.90 Å². The van der Waals surface area contributed by atoms with Gasteiger partial charge in [0.05, 0.1) is 19.8 Å². The van der Waals surface area contributed by atoms with Crippen molar-refractivity contribution in [2.24, 2.45) is 0 Å². The van der Waals surface area contributed by atoms with E-state index < -0.39 is 0 Å². The Morgan fingerprint density at radius 3 is 2.83 bits per heavy atom. The maximum Gasteiger partial charge on any atom is 0.0698 e. The van der Waals surface area contributed by atoms with Gasteiger partial charge in [0, 0.05) is 12.6 Å². The summed E-state index contributed by atoms with van der Waals surface area (Å²) in [5, 5.41) is 8.67. The van der Waals surface area contributed by atoms with Gasteiger partial charge in [0.2, 0.25) is 0 Å². The summed E-state index contributed by atoms with van der Waals surface area (Å²) in [4.78, 5) is 2.52. The number of benzene rings is 1. The van der Waals surface area contributed by atoms with Gasteiger partial charge in [-0.1, -0.05) is 30.3 Å². The van der Waals surface area contributed by atoms with Crippen LogP contribution in [0, 0.1) is 0 Å². The van der Waals surface area contributed by atoms with E-state index in [2.05, 4.69) is 35.2 Å². The van der Waals surface area contributed by atoms with E-state index in [1.54, 1.807) is 0 Å². The molecule has 0 spiro atoms. The minimum absolute atomic E-state index is 0.118. The number of ether oxygens (including phenoxy) is 1. The molecule has 1 aliphatic rings. The number of rotatable bonds is 7. The monoisotopic (exact) mass is 249 g/mol. The lowest BCUT2D eigenvalue weighted by Crippen LogP contribution is -2.34. The van der Waals surface area contributed by atoms with Crippen LogP contribution in [0.15, 0.2) is 30.3 Å². The Hall–Kier alpha value is -0.900. The third-order valence-electron chi connectivity index (χ3n) is 3.57. The molecule has 1 aromatic carbocycles. The highest BCUT2D eigenvalue weighted by Gasteiger charge is 2.23. The third kappa shape index (κ3) is 4.09. The Morgan fingerprint density at radius 1 is 1.22 bits per heavy atom. The topological polar surface area (TPSA) is 32.7 Å². The van der Waals surface area contributed by atoms with E-state index in [0.717, 1.165) is 19.6 Å². The Kier molecular flexibility index (Phi) is 5.65. The quantitative estimate of drug-likeness (QED) is 0.747. The molecule has 1 unspecified atom stereocenters. The number of hydrogen-bond acceptors (Lipinski definition) is 3. The number of aliphatic hydroxyl groups excluding tert-OH is 1. The molecule has 0 bridgehead atoms. The van der Waals surface area contributed by atoms with Gasteiger partial charge in [0.25, 0.3) is 0 Å². The van der Waals surface area contributed by atoms with E-state index in [1.165, 1.54) is 24.9 Å². The molecule has 1 atom stereocenters. The van der Waals surface area contributed by atoms with Crippen LogP contribution in [0.2, 0.25) is 0 Å². The second-order valence-electron chi connectivity index (χ2n) is 4.86. The maximum atomic E-state index is 8.67. The van der Waals surface area contributed by atoms with E-state index >= 15 is 0 Å². The molecule has 0 aromatic heterocycles. The highest BCUT2D eigenvalue weighted by Crippen LogP contribution is 2.20. The van der Waals surface area contributed by atoms with Crippen molar-refractivity contribution in [1.82, 2.24) is 4.90 Å². The molecule has 100 valence electrons. The van der Waals surface area contributed by atoms with Crippen LogP contribution in [-0.4, -0.2) is 49.0 Å². The number of likely N-dealkylation sites (tertiary alicyclic amines) is 1. The van der Waals surface area contributed by atoms with Crippen molar-refractivity contribution in [3.63, 3.8) is 0 Å². The first-order valence-electron chi connectivity index (χ1n) is 6.86. The van der Waals surface area contributed by atoms with Crippen molar-refractivity contribution in [3.8, 4) is 0 Å². The van der Waals surface area contributed by atoms with Crippen molar-refractivity contribution in [3.05, 3.63) is 35.9 Å². The zero-order chi connectivity index (χ0) is 12.6. The fraction of sp³-hybridized carbons (Fsp3) is 0.600. The van der Waals surface area contributed by atoms with Gasteiger partial charge >= 0.3 is 0 Å². The molecule has 0 aliphatic carbocycles. The fourth-order valence-electron chi connectivity index (χ4n) is 2.66. The molecule has 1 aliphatic heterocycles. The predicted molar refractivity (Wildman–Crippen MR) is 72.6 cm³/mol. The summed E-state index contributed by atoms with van der Waals surface area (Å²) in [6.07, 6.45) is 3.72. The second kappa shape index (κ2) is 7.52. The number of hydrogen-bond donors (Lipinski definition) is 1. The van der Waals surface area contributed by atoms with Crippen LogP contribution in [0.25, 0.3) is 0 Å². The first-order valence-corrected chi connectivity index (χ1v) is 6.86. The average Bonchev–Trinajstić information content (AvgIpc) is 2.83. The number of nitrogens with zero attached hydrogens (tertiary/aromatic N) is 1. The summed E-state index contributed by atoms with van der Waals surface area (Å²) in [5.74, 6) is 0. The van der Waals surface area contributed by atoms with E-state index in [-0.39, 0.29) is 6.61 Å². The summed E-state index contributed by atoms with van der Waals surface area (Å²) >= 11 is 0. The lowest BCUT2D eigenvalue weighted by atomic mass is 10.0. The molecule has 0 saturated carbocycles. The van der Waals surface area contributed by atoms with E-state index in [0.29, 0.717) is 12.6 Å². The van der Waals surface area contributed by atoms with Gasteiger partial charge in [-0.25, -0.2) is 0 Å². The summed E-state index contributed by atoms with van der Waals surface area (Å²) in [7, 11) is 0. The minimum Gasteiger partial charge on any atom is -0.394 e. The van der Waals surface area contributed by atoms with E-state index in [1.807, 2.05) is 0 Å². The highest BCUT2D eigenvalue weighted by atomic mass is 16.5. The maximum absolute atomic E-state index is 8.67. The van der Waals surface area contributed by atoms with Crippen molar-refractivity contribution >= 4 is 0 Å². The molecule has 1 aromatic rings. The molecule has 1 N–H and O–H groups in total. The normalized spacial score (nSPS) is 20.4. The first-order chi connectivity index (χ1) is 8.90. The summed E-state index contributed by atoms with van der Waals surface area (Å²) in [5.41, 5.74) is 1.42. The first kappa shape index (κ1) is 13.5. The van der Waals surface area contributed by atoms with Crippen LogP contribution in [0.5, 0.6) is 0 Å². The molecule has 1 fully saturated rings. The average molecular weight is 249 g/mol. The van der Waals surface area contributed by atoms with Crippen molar-refractivity contribution in [2.45, 2.75) is 25.3 Å². The van der Waals surface area contributed by atoms with Crippen LogP contribution in [-0.2, 0) is 11.2 Å². The Bertz CT molecular complexity index is 329. The van der Waals surface area contributed by atoms with Crippen molar-refractivity contribution in [2.75, 3.05) is 32.9 Å². The fourth-order valence-corrected chi connectivity index (χ4v) is 2.66. The smallest absolute Gasteiger partial charge is 0.0698 e. The summed E-state index contributed by atoms with van der Waals surface area (Å²) in [6.45, 7) is 3.47. The van der Waals surface area contributed by atoms with Gasteiger partial charge in [0.15, 0.2) is 0 Å². The largest absolute Gasteiger partial charge is 0.394 e. The van der Waals surface area contributed by atoms with Crippen LogP contribution < -0.4 is 0 Å². The predicted octanol–water partition coefficient (Wildman–Crippen LogP) is 1.70. The zero-order valence-electron chi connectivity index (χ0n) is 10.9. The molecular formula is C15H23NO2. The summed E-state index contributed by atoms with van der Waals surface area (Å²) < 4.78 is 5.35. The van der Waals surface area contributed by atoms with Gasteiger partial charge in [0.1, 0.15) is 0 Å². The molecule has 3 nitrogen and oxygen atoms in total. The van der Waals surface area contributed by atoms with Crippen LogP contribution in [0.1, 0.15) is 18.4 Å². The molecule has 2 rings (SSSR count). The SMILES string of the molecule is OCCOCCN1CCCC1Cc1ccccc1. The summed E-state index contributed by atoms with van der Waals surface area (Å²) in [6, 6.07) is 11.4. The molecule has 0 amide bonds. The Balaban J connectivity index is 1.77. The van der Waals surface area contributed by atoms with Gasteiger partial charge in [-0.05, 0) is 31.4 Å². The van der Waals surface area contributed by atoms with Gasteiger partial charge in [-0.15, -0.1) is 0 Å². The van der Waals surface area contributed by atoms with Crippen LogP contribution in [0.4, 0.5) is 0 Å². The Morgan fingerprint density at radius 2 is 2.06 bits per heavy atom. The minimum atomic E-state index is 0.118. The lowest BCUT2D eigenvalue weighted by Gasteiger charge is -2.24. The molecule has 18 heavy (non-hydrogen) atoms. The van der Waals surface area contributed by atoms with E-state index in [9.17, 15) is 0 Å². The molecular weight excluding hydrogens is 226 g/mol. The zero-order valence-corrected chi connectivity index (χ0v) is 10.9. The van der Waals surface area contributed by atoms with Gasteiger partial charge < -0.3 is 9.84 Å². The molecule has 1 heterocycles. The van der Waals surface area contributed by atoms with Crippen LogP contribution in [0.3, 0.4) is 0 Å². The van der Waals surface area contributed by atoms with Crippen molar-refractivity contribution < 1.29 is 9.84 Å². The highest BCUT2D eigenvalue weighted by molar-refractivity contribution is 5.16. The van der Waals surface area contributed by atoms with Gasteiger partial charge in [-0.2, -0.15) is 0 Å². The molecule has 0 radical (unpaired) electrons. The molecule has 1 saturated heterocycles. The van der Waals surface area contributed by atoms with Crippen molar-refractivity contribution in [1.29, 1.82) is 0 Å². The number of aliphatic hydroxyl groups is 1. The molecule has 3 heteroatoms. The lowest BCUT2D eigenvalue weighted by molar-refractivity contribution is 0.0710. The van der Waals surface area contributed by atoms with Crippen LogP contribution >= 0.6 is 0 Å².